The molecule has 0 spiro atoms. The maximum absolute atomic E-state index is 13.4. The number of halogens is 3. The van der Waals surface area contributed by atoms with Crippen molar-refractivity contribution in [1.82, 2.24) is 4.31 Å². The Morgan fingerprint density at radius 3 is 2.38 bits per heavy atom. The number of benzene rings is 1. The molecule has 0 amide bonds. The third-order valence-corrected chi connectivity index (χ3v) is 5.66. The van der Waals surface area contributed by atoms with E-state index in [4.69, 9.17) is 5.73 Å². The quantitative estimate of drug-likeness (QED) is 0.822. The summed E-state index contributed by atoms with van der Waals surface area (Å²) < 4.78 is 39.9. The molecule has 0 aliphatic carbocycles. The lowest BCUT2D eigenvalue weighted by molar-refractivity contribution is 0.292. The zero-order chi connectivity index (χ0) is 15.7. The van der Waals surface area contributed by atoms with Gasteiger partial charge in [0.1, 0.15) is 5.82 Å². The van der Waals surface area contributed by atoms with Gasteiger partial charge in [-0.15, -0.1) is 12.4 Å². The van der Waals surface area contributed by atoms with Crippen molar-refractivity contribution in [3.05, 3.63) is 28.0 Å². The van der Waals surface area contributed by atoms with E-state index in [0.717, 1.165) is 0 Å². The summed E-state index contributed by atoms with van der Waals surface area (Å²) in [5.41, 5.74) is 5.68. The highest BCUT2D eigenvalue weighted by Gasteiger charge is 2.28. The molecule has 0 aromatic heterocycles. The molecule has 0 radical (unpaired) electrons. The Balaban J connectivity index is 0.00000400. The van der Waals surface area contributed by atoms with Crippen molar-refractivity contribution in [2.24, 2.45) is 11.1 Å². The largest absolute Gasteiger partial charge is 0.330 e. The van der Waals surface area contributed by atoms with Gasteiger partial charge in [-0.3, -0.25) is 0 Å². The number of nitrogens with zero attached hydrogens (tertiary/aromatic N) is 1. The second kappa shape index (κ2) is 7.37. The van der Waals surface area contributed by atoms with Gasteiger partial charge < -0.3 is 5.73 Å². The molecule has 0 aliphatic heterocycles. The van der Waals surface area contributed by atoms with Gasteiger partial charge in [0.15, 0.2) is 0 Å². The van der Waals surface area contributed by atoms with Crippen molar-refractivity contribution < 1.29 is 12.8 Å². The molecular weight excluding hydrogens is 383 g/mol. The van der Waals surface area contributed by atoms with E-state index >= 15 is 0 Å². The molecule has 0 saturated heterocycles. The molecule has 1 rings (SSSR count). The molecule has 0 heterocycles. The van der Waals surface area contributed by atoms with Crippen molar-refractivity contribution in [3.63, 3.8) is 0 Å². The zero-order valence-electron chi connectivity index (χ0n) is 12.5. The van der Waals surface area contributed by atoms with Crippen LogP contribution in [0, 0.1) is 18.2 Å². The van der Waals surface area contributed by atoms with Crippen molar-refractivity contribution in [2.75, 3.05) is 20.1 Å². The molecule has 21 heavy (non-hydrogen) atoms. The Kier molecular flexibility index (Phi) is 7.30. The molecule has 0 bridgehead atoms. The third kappa shape index (κ3) is 4.89. The highest BCUT2D eigenvalue weighted by atomic mass is 79.9. The van der Waals surface area contributed by atoms with Crippen molar-refractivity contribution in [1.29, 1.82) is 0 Å². The summed E-state index contributed by atoms with van der Waals surface area (Å²) in [7, 11) is -2.17. The zero-order valence-corrected chi connectivity index (χ0v) is 15.7. The first kappa shape index (κ1) is 20.8. The van der Waals surface area contributed by atoms with Crippen molar-refractivity contribution in [3.8, 4) is 0 Å². The summed E-state index contributed by atoms with van der Waals surface area (Å²) >= 11 is 3.02. The molecule has 2 N–H and O–H groups in total. The van der Waals surface area contributed by atoms with Crippen LogP contribution in [0.5, 0.6) is 0 Å². The molecule has 0 unspecified atom stereocenters. The van der Waals surface area contributed by atoms with Crippen molar-refractivity contribution in [2.45, 2.75) is 25.7 Å². The molecular formula is C13H21BrClFN2O2S. The van der Waals surface area contributed by atoms with E-state index in [-0.39, 0.29) is 27.2 Å². The Morgan fingerprint density at radius 1 is 1.38 bits per heavy atom. The minimum atomic E-state index is -3.67. The van der Waals surface area contributed by atoms with Crippen LogP contribution in [-0.4, -0.2) is 32.9 Å². The SMILES string of the molecule is Cc1cc(F)c(Br)cc1S(=O)(=O)N(C)CC(C)(C)CN.Cl. The predicted molar refractivity (Wildman–Crippen MR) is 88.7 cm³/mol. The van der Waals surface area contributed by atoms with Gasteiger partial charge in [0.25, 0.3) is 0 Å². The Labute approximate surface area is 140 Å². The summed E-state index contributed by atoms with van der Waals surface area (Å²) in [5.74, 6) is -0.480. The molecule has 0 atom stereocenters. The summed E-state index contributed by atoms with van der Waals surface area (Å²) in [4.78, 5) is 0.0982. The minimum Gasteiger partial charge on any atom is -0.330 e. The molecule has 0 fully saturated rings. The molecule has 0 aliphatic rings. The lowest BCUT2D eigenvalue weighted by Crippen LogP contribution is -2.39. The summed E-state index contributed by atoms with van der Waals surface area (Å²) in [6, 6.07) is 2.50. The first-order valence-electron chi connectivity index (χ1n) is 6.13. The van der Waals surface area contributed by atoms with E-state index in [2.05, 4.69) is 15.9 Å². The van der Waals surface area contributed by atoms with E-state index in [1.54, 1.807) is 6.92 Å². The fourth-order valence-corrected chi connectivity index (χ4v) is 3.91. The van der Waals surface area contributed by atoms with Crippen LogP contribution in [0.25, 0.3) is 0 Å². The van der Waals surface area contributed by atoms with Gasteiger partial charge in [-0.05, 0) is 52.5 Å². The lowest BCUT2D eigenvalue weighted by atomic mass is 9.94. The predicted octanol–water partition coefficient (Wildman–Crippen LogP) is 2.92. The summed E-state index contributed by atoms with van der Waals surface area (Å²) in [6.45, 7) is 6.03. The molecule has 1 aromatic rings. The van der Waals surface area contributed by atoms with Gasteiger partial charge in [0.05, 0.1) is 9.37 Å². The van der Waals surface area contributed by atoms with E-state index in [9.17, 15) is 12.8 Å². The van der Waals surface area contributed by atoms with Crippen LogP contribution in [0.2, 0.25) is 0 Å². The Morgan fingerprint density at radius 2 is 1.90 bits per heavy atom. The number of sulfonamides is 1. The first-order chi connectivity index (χ1) is 9.01. The van der Waals surface area contributed by atoms with Gasteiger partial charge in [0, 0.05) is 13.6 Å². The van der Waals surface area contributed by atoms with Crippen molar-refractivity contribution >= 4 is 38.4 Å². The Hall–Kier alpha value is -0.210. The topological polar surface area (TPSA) is 63.4 Å². The van der Waals surface area contributed by atoms with E-state index < -0.39 is 15.8 Å². The Bertz CT molecular complexity index is 608. The fraction of sp³-hybridized carbons (Fsp3) is 0.538. The second-order valence-electron chi connectivity index (χ2n) is 5.66. The van der Waals surface area contributed by atoms with Gasteiger partial charge >= 0.3 is 0 Å². The highest BCUT2D eigenvalue weighted by Crippen LogP contribution is 2.27. The fourth-order valence-electron chi connectivity index (χ4n) is 1.83. The third-order valence-electron chi connectivity index (χ3n) is 3.11. The van der Waals surface area contributed by atoms with Gasteiger partial charge in [-0.25, -0.2) is 17.1 Å². The number of hydrogen-bond donors (Lipinski definition) is 1. The molecule has 0 saturated carbocycles. The number of rotatable bonds is 5. The van der Waals surface area contributed by atoms with Crippen LogP contribution in [0.3, 0.4) is 0 Å². The van der Waals surface area contributed by atoms with Crippen LogP contribution >= 0.6 is 28.3 Å². The van der Waals surface area contributed by atoms with E-state index in [1.165, 1.54) is 23.5 Å². The molecule has 8 heteroatoms. The van der Waals surface area contributed by atoms with Gasteiger partial charge in [0.2, 0.25) is 10.0 Å². The average molecular weight is 404 g/mol. The van der Waals surface area contributed by atoms with Crippen LogP contribution < -0.4 is 5.73 Å². The smallest absolute Gasteiger partial charge is 0.243 e. The molecule has 122 valence electrons. The minimum absolute atomic E-state index is 0. The molecule has 4 nitrogen and oxygen atoms in total. The van der Waals surface area contributed by atoms with E-state index in [1.807, 2.05) is 13.8 Å². The number of hydrogen-bond acceptors (Lipinski definition) is 3. The lowest BCUT2D eigenvalue weighted by Gasteiger charge is -2.28. The maximum Gasteiger partial charge on any atom is 0.243 e. The van der Waals surface area contributed by atoms with Gasteiger partial charge in [-0.1, -0.05) is 13.8 Å². The van der Waals surface area contributed by atoms with Crippen LogP contribution in [0.15, 0.2) is 21.5 Å². The van der Waals surface area contributed by atoms with Crippen LogP contribution in [0.4, 0.5) is 4.39 Å². The monoisotopic (exact) mass is 402 g/mol. The maximum atomic E-state index is 13.4. The van der Waals surface area contributed by atoms with Gasteiger partial charge in [-0.2, -0.15) is 0 Å². The summed E-state index contributed by atoms with van der Waals surface area (Å²) in [5, 5.41) is 0. The van der Waals surface area contributed by atoms with Crippen LogP contribution in [0.1, 0.15) is 19.4 Å². The number of aryl methyl sites for hydroxylation is 1. The average Bonchev–Trinajstić information content (AvgIpc) is 2.33. The van der Waals surface area contributed by atoms with Crippen LogP contribution in [-0.2, 0) is 10.0 Å². The summed E-state index contributed by atoms with van der Waals surface area (Å²) in [6.07, 6.45) is 0. The normalized spacial score (nSPS) is 12.4. The molecule has 1 aromatic carbocycles. The second-order valence-corrected chi connectivity index (χ2v) is 8.53. The highest BCUT2D eigenvalue weighted by molar-refractivity contribution is 9.10. The standard InChI is InChI=1S/C13H20BrFN2O2S.ClH/c1-9-5-11(15)10(14)6-12(9)20(18,19)17(4)8-13(2,3)7-16;/h5-6H,7-8,16H2,1-4H3;1H. The number of nitrogens with two attached hydrogens (primary N) is 1. The first-order valence-corrected chi connectivity index (χ1v) is 8.36. The van der Waals surface area contributed by atoms with E-state index in [0.29, 0.717) is 18.7 Å².